The van der Waals surface area contributed by atoms with E-state index < -0.39 is 0 Å². The van der Waals surface area contributed by atoms with Crippen LogP contribution in [0, 0.1) is 6.92 Å². The minimum absolute atomic E-state index is 0.414. The van der Waals surface area contributed by atoms with Crippen LogP contribution < -0.4 is 0 Å². The van der Waals surface area contributed by atoms with Gasteiger partial charge in [-0.3, -0.25) is 4.68 Å². The van der Waals surface area contributed by atoms with E-state index in [-0.39, 0.29) is 0 Å². The Labute approximate surface area is 85.8 Å². The molecule has 0 aliphatic heterocycles. The smallest absolute Gasteiger partial charge is 0.115 e. The highest BCUT2D eigenvalue weighted by atomic mass is 35.5. The van der Waals surface area contributed by atoms with Crippen molar-refractivity contribution in [3.8, 4) is 10.6 Å². The number of thiophene rings is 1. The topological polar surface area (TPSA) is 17.8 Å². The lowest BCUT2D eigenvalue weighted by atomic mass is 10.3. The van der Waals surface area contributed by atoms with E-state index in [1.807, 2.05) is 24.4 Å². The Morgan fingerprint density at radius 2 is 2.46 bits per heavy atom. The molecule has 0 amide bonds. The summed E-state index contributed by atoms with van der Waals surface area (Å²) in [5.41, 5.74) is 2.10. The first-order valence-corrected chi connectivity index (χ1v) is 5.37. The average Bonchev–Trinajstić information content (AvgIpc) is 2.71. The Bertz CT molecular complexity index is 392. The van der Waals surface area contributed by atoms with E-state index in [2.05, 4.69) is 11.2 Å². The first-order valence-electron chi connectivity index (χ1n) is 3.95. The van der Waals surface area contributed by atoms with Gasteiger partial charge in [-0.2, -0.15) is 5.10 Å². The van der Waals surface area contributed by atoms with Gasteiger partial charge in [0.15, 0.2) is 0 Å². The minimum Gasteiger partial charge on any atom is -0.254 e. The van der Waals surface area contributed by atoms with Crippen LogP contribution in [-0.2, 0) is 6.00 Å². The molecule has 0 atom stereocenters. The first kappa shape index (κ1) is 8.78. The van der Waals surface area contributed by atoms with E-state index in [9.17, 15) is 0 Å². The van der Waals surface area contributed by atoms with Gasteiger partial charge in [0.05, 0.1) is 4.88 Å². The predicted molar refractivity (Wildman–Crippen MR) is 56.1 cm³/mol. The van der Waals surface area contributed by atoms with Crippen LogP contribution in [0.4, 0.5) is 0 Å². The lowest BCUT2D eigenvalue weighted by molar-refractivity contribution is 0.721. The van der Waals surface area contributed by atoms with Crippen molar-refractivity contribution in [1.82, 2.24) is 9.78 Å². The van der Waals surface area contributed by atoms with Crippen molar-refractivity contribution in [2.45, 2.75) is 12.9 Å². The van der Waals surface area contributed by atoms with E-state index in [1.54, 1.807) is 16.0 Å². The zero-order valence-electron chi connectivity index (χ0n) is 7.20. The molecule has 0 unspecified atom stereocenters. The zero-order valence-corrected chi connectivity index (χ0v) is 8.77. The lowest BCUT2D eigenvalue weighted by Crippen LogP contribution is -1.96. The molecule has 2 aromatic heterocycles. The molecule has 68 valence electrons. The van der Waals surface area contributed by atoms with E-state index in [1.165, 1.54) is 4.88 Å². The minimum atomic E-state index is 0.414. The highest BCUT2D eigenvalue weighted by Crippen LogP contribution is 2.23. The third kappa shape index (κ3) is 1.62. The summed E-state index contributed by atoms with van der Waals surface area (Å²) < 4.78 is 1.79. The summed E-state index contributed by atoms with van der Waals surface area (Å²) in [5, 5.41) is 6.41. The fourth-order valence-corrected chi connectivity index (χ4v) is 2.10. The molecular weight excluding hydrogens is 204 g/mol. The summed E-state index contributed by atoms with van der Waals surface area (Å²) in [6, 6.07) is 6.55. The molecule has 0 N–H and O–H groups in total. The Hall–Kier alpha value is -0.800. The molecular formula is C9H9ClN2S. The van der Waals surface area contributed by atoms with Crippen LogP contribution in [0.15, 0.2) is 23.6 Å². The normalized spacial score (nSPS) is 10.6. The van der Waals surface area contributed by atoms with Crippen LogP contribution in [-0.4, -0.2) is 9.78 Å². The van der Waals surface area contributed by atoms with Gasteiger partial charge in [-0.25, -0.2) is 0 Å². The van der Waals surface area contributed by atoms with Gasteiger partial charge < -0.3 is 0 Å². The van der Waals surface area contributed by atoms with Gasteiger partial charge in [0.25, 0.3) is 0 Å². The number of aromatic nitrogens is 2. The van der Waals surface area contributed by atoms with E-state index >= 15 is 0 Å². The molecule has 0 aliphatic rings. The molecule has 0 radical (unpaired) electrons. The van der Waals surface area contributed by atoms with Gasteiger partial charge in [-0.05, 0) is 24.4 Å². The molecule has 2 nitrogen and oxygen atoms in total. The number of aryl methyl sites for hydroxylation is 1. The molecule has 13 heavy (non-hydrogen) atoms. The second-order valence-corrected chi connectivity index (χ2v) is 3.95. The summed E-state index contributed by atoms with van der Waals surface area (Å²) in [4.78, 5) is 1.19. The molecule has 0 saturated heterocycles. The SMILES string of the molecule is Cc1cc(-c2cccs2)nn1CCl. The van der Waals surface area contributed by atoms with Crippen molar-refractivity contribution >= 4 is 22.9 Å². The fraction of sp³-hybridized carbons (Fsp3) is 0.222. The molecule has 0 aliphatic carbocycles. The molecule has 2 heterocycles. The van der Waals surface area contributed by atoms with Crippen molar-refractivity contribution in [2.75, 3.05) is 0 Å². The lowest BCUT2D eigenvalue weighted by Gasteiger charge is -1.94. The molecule has 0 bridgehead atoms. The maximum atomic E-state index is 5.71. The number of hydrogen-bond donors (Lipinski definition) is 0. The quantitative estimate of drug-likeness (QED) is 0.700. The van der Waals surface area contributed by atoms with Crippen LogP contribution in [0.1, 0.15) is 5.69 Å². The van der Waals surface area contributed by atoms with Crippen LogP contribution in [0.2, 0.25) is 0 Å². The van der Waals surface area contributed by atoms with Crippen molar-refractivity contribution < 1.29 is 0 Å². The standard InChI is InChI=1S/C9H9ClN2S/c1-7-5-8(11-12(7)6-10)9-3-2-4-13-9/h2-5H,6H2,1H3. The third-order valence-electron chi connectivity index (χ3n) is 1.87. The largest absolute Gasteiger partial charge is 0.254 e. The summed E-state index contributed by atoms with van der Waals surface area (Å²) in [7, 11) is 0. The Kier molecular flexibility index (Phi) is 2.38. The molecule has 0 fully saturated rings. The van der Waals surface area contributed by atoms with Crippen LogP contribution >= 0.6 is 22.9 Å². The second-order valence-electron chi connectivity index (χ2n) is 2.77. The van der Waals surface area contributed by atoms with Crippen LogP contribution in [0.3, 0.4) is 0 Å². The Morgan fingerprint density at radius 1 is 1.62 bits per heavy atom. The Morgan fingerprint density at radius 3 is 3.00 bits per heavy atom. The van der Waals surface area contributed by atoms with Gasteiger partial charge >= 0.3 is 0 Å². The summed E-state index contributed by atoms with van der Waals surface area (Å²) in [6.45, 7) is 2.01. The maximum Gasteiger partial charge on any atom is 0.115 e. The number of hydrogen-bond acceptors (Lipinski definition) is 2. The predicted octanol–water partition coefficient (Wildman–Crippen LogP) is 3.12. The molecule has 0 spiro atoms. The molecule has 2 rings (SSSR count). The number of halogens is 1. The zero-order chi connectivity index (χ0) is 9.26. The summed E-state index contributed by atoms with van der Waals surface area (Å²) in [6.07, 6.45) is 0. The average molecular weight is 213 g/mol. The molecule has 2 aromatic rings. The first-order chi connectivity index (χ1) is 6.31. The van der Waals surface area contributed by atoms with Crippen LogP contribution in [0.25, 0.3) is 10.6 Å². The van der Waals surface area contributed by atoms with Crippen molar-refractivity contribution in [1.29, 1.82) is 0 Å². The highest BCUT2D eigenvalue weighted by Gasteiger charge is 2.05. The van der Waals surface area contributed by atoms with E-state index in [4.69, 9.17) is 11.6 Å². The fourth-order valence-electron chi connectivity index (χ4n) is 1.18. The van der Waals surface area contributed by atoms with Crippen molar-refractivity contribution in [3.05, 3.63) is 29.3 Å². The third-order valence-corrected chi connectivity index (χ3v) is 2.99. The monoisotopic (exact) mass is 212 g/mol. The number of nitrogens with zero attached hydrogens (tertiary/aromatic N) is 2. The molecule has 4 heteroatoms. The summed E-state index contributed by atoms with van der Waals surface area (Å²) >= 11 is 7.40. The van der Waals surface area contributed by atoms with Crippen LogP contribution in [0.5, 0.6) is 0 Å². The van der Waals surface area contributed by atoms with Crippen molar-refractivity contribution in [3.63, 3.8) is 0 Å². The maximum absolute atomic E-state index is 5.71. The summed E-state index contributed by atoms with van der Waals surface area (Å²) in [5.74, 6) is 0. The highest BCUT2D eigenvalue weighted by molar-refractivity contribution is 7.13. The van der Waals surface area contributed by atoms with Crippen molar-refractivity contribution in [2.24, 2.45) is 0 Å². The van der Waals surface area contributed by atoms with E-state index in [0.717, 1.165) is 11.4 Å². The molecule has 0 aromatic carbocycles. The molecule has 0 saturated carbocycles. The number of alkyl halides is 1. The second kappa shape index (κ2) is 3.52. The van der Waals surface area contributed by atoms with Gasteiger partial charge in [0, 0.05) is 5.69 Å². The van der Waals surface area contributed by atoms with E-state index in [0.29, 0.717) is 6.00 Å². The van der Waals surface area contributed by atoms with Gasteiger partial charge in [0.2, 0.25) is 0 Å². The van der Waals surface area contributed by atoms with Gasteiger partial charge in [-0.1, -0.05) is 6.07 Å². The Balaban J connectivity index is 2.43. The van der Waals surface area contributed by atoms with Gasteiger partial charge in [0.1, 0.15) is 11.7 Å². The number of rotatable bonds is 2. The van der Waals surface area contributed by atoms with Gasteiger partial charge in [-0.15, -0.1) is 22.9 Å².